The molecule has 1 heterocycles. The van der Waals surface area contributed by atoms with Crippen molar-refractivity contribution in [3.05, 3.63) is 74.4 Å². The van der Waals surface area contributed by atoms with Gasteiger partial charge in [0.15, 0.2) is 0 Å². The maximum Gasteiger partial charge on any atom is 0.335 e. The Morgan fingerprint density at radius 3 is 2.34 bits per heavy atom. The molecule has 1 aromatic heterocycles. The first-order valence-electron chi connectivity index (χ1n) is 8.63. The highest BCUT2D eigenvalue weighted by Gasteiger charge is 2.16. The van der Waals surface area contributed by atoms with Gasteiger partial charge in [-0.1, -0.05) is 12.1 Å². The number of H-pyrrole nitrogens is 1. The second-order valence-corrected chi connectivity index (χ2v) is 8.79. The lowest BCUT2D eigenvalue weighted by Gasteiger charge is -2.12. The molecule has 0 aliphatic rings. The van der Waals surface area contributed by atoms with E-state index in [1.165, 1.54) is 44.4 Å². The molecule has 9 nitrogen and oxygen atoms in total. The number of fused-ring (bicyclic) bond motifs is 1. The van der Waals surface area contributed by atoms with Crippen molar-refractivity contribution in [3.63, 3.8) is 0 Å². The van der Waals surface area contributed by atoms with Crippen LogP contribution in [-0.2, 0) is 23.0 Å². The van der Waals surface area contributed by atoms with Crippen LogP contribution >= 0.6 is 0 Å². The van der Waals surface area contributed by atoms with E-state index in [0.717, 1.165) is 14.4 Å². The third kappa shape index (κ3) is 3.98. The van der Waals surface area contributed by atoms with Crippen LogP contribution in [0.4, 0.5) is 0 Å². The van der Waals surface area contributed by atoms with E-state index < -0.39 is 27.2 Å². The number of benzene rings is 2. The van der Waals surface area contributed by atoms with E-state index in [2.05, 4.69) is 4.98 Å². The molecule has 0 radical (unpaired) electrons. The molecule has 0 spiro atoms. The molecule has 0 atom stereocenters. The van der Waals surface area contributed by atoms with Gasteiger partial charge in [-0.05, 0) is 42.3 Å². The van der Waals surface area contributed by atoms with Gasteiger partial charge in [0.25, 0.3) is 5.56 Å². The van der Waals surface area contributed by atoms with Crippen molar-refractivity contribution in [3.8, 4) is 0 Å². The maximum atomic E-state index is 12.7. The van der Waals surface area contributed by atoms with Crippen LogP contribution in [0.1, 0.15) is 15.9 Å². The maximum absolute atomic E-state index is 12.7. The average Bonchev–Trinajstić information content (AvgIpc) is 2.67. The lowest BCUT2D eigenvalue weighted by Crippen LogP contribution is -2.35. The molecule has 2 aromatic carbocycles. The number of aromatic amines is 1. The molecule has 0 aliphatic heterocycles. The minimum Gasteiger partial charge on any atom is -0.478 e. The Bertz CT molecular complexity index is 1300. The Hall–Kier alpha value is -3.24. The van der Waals surface area contributed by atoms with E-state index in [-0.39, 0.29) is 27.9 Å². The molecule has 0 bridgehead atoms. The quantitative estimate of drug-likeness (QED) is 0.612. The molecule has 29 heavy (non-hydrogen) atoms. The number of aromatic nitrogens is 2. The summed E-state index contributed by atoms with van der Waals surface area (Å²) in [7, 11) is -0.651. The number of hydrogen-bond acceptors (Lipinski definition) is 5. The summed E-state index contributed by atoms with van der Waals surface area (Å²) in [6.45, 7) is 0.0567. The second kappa shape index (κ2) is 7.64. The number of nitrogens with one attached hydrogen (secondary N) is 1. The first-order chi connectivity index (χ1) is 13.6. The molecule has 2 N–H and O–H groups in total. The number of sulfonamides is 1. The monoisotopic (exact) mass is 417 g/mol. The first-order valence-corrected chi connectivity index (χ1v) is 10.1. The Kier molecular flexibility index (Phi) is 5.40. The van der Waals surface area contributed by atoms with Gasteiger partial charge >= 0.3 is 11.7 Å². The average molecular weight is 417 g/mol. The first kappa shape index (κ1) is 20.5. The Balaban J connectivity index is 1.90. The van der Waals surface area contributed by atoms with Crippen LogP contribution in [0, 0.1) is 0 Å². The molecule has 0 saturated carbocycles. The van der Waals surface area contributed by atoms with E-state index >= 15 is 0 Å². The normalized spacial score (nSPS) is 11.8. The standard InChI is InChI=1S/C19H19N3O6S/c1-21(2)29(27,28)14-6-3-12(4-7-14)9-10-22-17(23)15-11-13(18(24)25)5-8-16(15)20-19(22)26/h3-8,11H,9-10H2,1-2H3,(H,20,26)(H,24,25). The van der Waals surface area contributed by atoms with Gasteiger partial charge in [-0.15, -0.1) is 0 Å². The van der Waals surface area contributed by atoms with Gasteiger partial charge in [-0.25, -0.2) is 22.3 Å². The van der Waals surface area contributed by atoms with Crippen LogP contribution in [0.3, 0.4) is 0 Å². The SMILES string of the molecule is CN(C)S(=O)(=O)c1ccc(CCn2c(=O)[nH]c3ccc(C(=O)O)cc3c2=O)cc1. The minimum atomic E-state index is -3.53. The molecule has 0 amide bonds. The smallest absolute Gasteiger partial charge is 0.335 e. The molecule has 0 fully saturated rings. The number of aromatic carboxylic acids is 1. The van der Waals surface area contributed by atoms with Crippen molar-refractivity contribution in [2.75, 3.05) is 14.1 Å². The summed E-state index contributed by atoms with van der Waals surface area (Å²) in [4.78, 5) is 38.8. The highest BCUT2D eigenvalue weighted by molar-refractivity contribution is 7.89. The zero-order valence-corrected chi connectivity index (χ0v) is 16.6. The molecule has 0 saturated heterocycles. The molecule has 152 valence electrons. The third-order valence-electron chi connectivity index (χ3n) is 4.55. The Morgan fingerprint density at radius 2 is 1.76 bits per heavy atom. The van der Waals surface area contributed by atoms with Crippen molar-refractivity contribution in [1.29, 1.82) is 0 Å². The van der Waals surface area contributed by atoms with E-state index in [1.807, 2.05) is 0 Å². The number of nitrogens with zero attached hydrogens (tertiary/aromatic N) is 2. The van der Waals surface area contributed by atoms with Gasteiger partial charge in [0.1, 0.15) is 0 Å². The largest absolute Gasteiger partial charge is 0.478 e. The fraction of sp³-hybridized carbons (Fsp3) is 0.211. The summed E-state index contributed by atoms with van der Waals surface area (Å²) in [5, 5.41) is 9.21. The van der Waals surface area contributed by atoms with Crippen LogP contribution in [0.5, 0.6) is 0 Å². The van der Waals surface area contributed by atoms with Gasteiger partial charge in [0.2, 0.25) is 10.0 Å². The molecule has 3 aromatic rings. The van der Waals surface area contributed by atoms with E-state index in [1.54, 1.807) is 12.1 Å². The summed E-state index contributed by atoms with van der Waals surface area (Å²) >= 11 is 0. The molecule has 0 unspecified atom stereocenters. The molecular weight excluding hydrogens is 398 g/mol. The van der Waals surface area contributed by atoms with Crippen molar-refractivity contribution in [1.82, 2.24) is 13.9 Å². The van der Waals surface area contributed by atoms with Crippen LogP contribution < -0.4 is 11.2 Å². The summed E-state index contributed by atoms with van der Waals surface area (Å²) in [6.07, 6.45) is 0.315. The number of carboxylic acid groups (broad SMARTS) is 1. The van der Waals surface area contributed by atoms with E-state index in [0.29, 0.717) is 6.42 Å². The van der Waals surface area contributed by atoms with Crippen molar-refractivity contribution in [2.45, 2.75) is 17.9 Å². The van der Waals surface area contributed by atoms with Gasteiger partial charge in [0, 0.05) is 20.6 Å². The predicted octanol–water partition coefficient (Wildman–Crippen LogP) is 0.881. The van der Waals surface area contributed by atoms with Crippen molar-refractivity contribution in [2.24, 2.45) is 0 Å². The van der Waals surface area contributed by atoms with Gasteiger partial charge in [-0.3, -0.25) is 9.36 Å². The lowest BCUT2D eigenvalue weighted by atomic mass is 10.1. The summed E-state index contributed by atoms with van der Waals surface area (Å²) in [5.74, 6) is -1.17. The fourth-order valence-corrected chi connectivity index (χ4v) is 3.77. The van der Waals surface area contributed by atoms with Crippen LogP contribution in [-0.4, -0.2) is 47.4 Å². The number of carboxylic acids is 1. The van der Waals surface area contributed by atoms with Gasteiger partial charge in [0.05, 0.1) is 21.4 Å². The number of rotatable bonds is 6. The lowest BCUT2D eigenvalue weighted by molar-refractivity contribution is 0.0697. The van der Waals surface area contributed by atoms with E-state index in [9.17, 15) is 22.8 Å². The summed E-state index contributed by atoms with van der Waals surface area (Å²) in [6, 6.07) is 10.1. The van der Waals surface area contributed by atoms with Crippen molar-refractivity contribution >= 4 is 26.9 Å². The Labute approximate surface area is 165 Å². The highest BCUT2D eigenvalue weighted by Crippen LogP contribution is 2.14. The third-order valence-corrected chi connectivity index (χ3v) is 6.38. The number of hydrogen-bond donors (Lipinski definition) is 2. The summed E-state index contributed by atoms with van der Waals surface area (Å²) in [5.41, 5.74) is -0.227. The van der Waals surface area contributed by atoms with Crippen molar-refractivity contribution < 1.29 is 18.3 Å². The number of aryl methyl sites for hydroxylation is 1. The molecule has 0 aliphatic carbocycles. The predicted molar refractivity (Wildman–Crippen MR) is 107 cm³/mol. The second-order valence-electron chi connectivity index (χ2n) is 6.63. The topological polar surface area (TPSA) is 130 Å². The van der Waals surface area contributed by atoms with Crippen LogP contribution in [0.25, 0.3) is 10.9 Å². The number of carbonyl (C=O) groups is 1. The fourth-order valence-electron chi connectivity index (χ4n) is 2.87. The van der Waals surface area contributed by atoms with E-state index in [4.69, 9.17) is 5.11 Å². The zero-order chi connectivity index (χ0) is 21.3. The molecule has 10 heteroatoms. The molecule has 3 rings (SSSR count). The van der Waals surface area contributed by atoms with Gasteiger partial charge in [-0.2, -0.15) is 0 Å². The van der Waals surface area contributed by atoms with Gasteiger partial charge < -0.3 is 10.1 Å². The molecular formula is C19H19N3O6S. The van der Waals surface area contributed by atoms with Crippen LogP contribution in [0.15, 0.2) is 56.9 Å². The Morgan fingerprint density at radius 1 is 1.10 bits per heavy atom. The summed E-state index contributed by atoms with van der Waals surface area (Å²) < 4.78 is 26.3. The zero-order valence-electron chi connectivity index (χ0n) is 15.7. The highest BCUT2D eigenvalue weighted by atomic mass is 32.2. The minimum absolute atomic E-state index is 0.0501. The van der Waals surface area contributed by atoms with Crippen LogP contribution in [0.2, 0.25) is 0 Å².